The summed E-state index contributed by atoms with van der Waals surface area (Å²) in [6, 6.07) is 0. The van der Waals surface area contributed by atoms with Crippen molar-refractivity contribution < 1.29 is 14.6 Å². The minimum atomic E-state index is -0.389. The van der Waals surface area contributed by atoms with E-state index in [2.05, 4.69) is 5.43 Å². The number of aliphatic hydroxyl groups is 1. The molecule has 2 unspecified atom stereocenters. The molecule has 0 aromatic heterocycles. The van der Waals surface area contributed by atoms with Gasteiger partial charge in [-0.2, -0.15) is 11.8 Å². The molecule has 0 spiro atoms. The maximum absolute atomic E-state index is 11.1. The third-order valence-corrected chi connectivity index (χ3v) is 3.16. The minimum absolute atomic E-state index is 0.119. The highest BCUT2D eigenvalue weighted by atomic mass is 32.2. The Morgan fingerprint density at radius 3 is 3.07 bits per heavy atom. The summed E-state index contributed by atoms with van der Waals surface area (Å²) >= 11 is 1.63. The molecule has 0 aromatic rings. The fourth-order valence-electron chi connectivity index (χ4n) is 1.39. The largest absolute Gasteiger partial charge is 0.396 e. The molecule has 1 amide bonds. The van der Waals surface area contributed by atoms with Gasteiger partial charge in [-0.1, -0.05) is 0 Å². The third-order valence-electron chi connectivity index (χ3n) is 2.08. The fourth-order valence-corrected chi connectivity index (χ4v) is 2.20. The van der Waals surface area contributed by atoms with Gasteiger partial charge in [0.15, 0.2) is 0 Å². The minimum Gasteiger partial charge on any atom is -0.396 e. The Bertz CT molecular complexity index is 191. The lowest BCUT2D eigenvalue weighted by atomic mass is 10.2. The monoisotopic (exact) mass is 220 g/mol. The number of hydrogen-bond acceptors (Lipinski definition) is 5. The third kappa shape index (κ3) is 3.45. The van der Waals surface area contributed by atoms with E-state index in [-0.39, 0.29) is 24.7 Å². The van der Waals surface area contributed by atoms with Crippen LogP contribution >= 0.6 is 11.8 Å². The average Bonchev–Trinajstić information content (AvgIpc) is 2.66. The van der Waals surface area contributed by atoms with E-state index in [1.807, 2.05) is 0 Å². The number of hydrazine groups is 1. The quantitative estimate of drug-likeness (QED) is 0.246. The first-order valence-electron chi connectivity index (χ1n) is 4.62. The summed E-state index contributed by atoms with van der Waals surface area (Å²) in [5, 5.41) is 8.58. The summed E-state index contributed by atoms with van der Waals surface area (Å²) in [6.45, 7) is 0.185. The Hall–Kier alpha value is -0.300. The normalized spacial score (nSPS) is 26.4. The van der Waals surface area contributed by atoms with Crippen molar-refractivity contribution in [3.63, 3.8) is 0 Å². The SMILES string of the molecule is NNC(=O)C1CCC(CSCCO)O1. The van der Waals surface area contributed by atoms with Crippen LogP contribution in [-0.2, 0) is 9.53 Å². The molecule has 6 heteroatoms. The molecule has 0 saturated carbocycles. The van der Waals surface area contributed by atoms with Crippen molar-refractivity contribution in [2.45, 2.75) is 25.0 Å². The van der Waals surface area contributed by atoms with Crippen molar-refractivity contribution in [2.24, 2.45) is 5.84 Å². The highest BCUT2D eigenvalue weighted by Gasteiger charge is 2.29. The van der Waals surface area contributed by atoms with E-state index in [9.17, 15) is 4.79 Å². The van der Waals surface area contributed by atoms with Crippen LogP contribution in [0.15, 0.2) is 0 Å². The van der Waals surface area contributed by atoms with Crippen molar-refractivity contribution in [1.82, 2.24) is 5.43 Å². The number of rotatable bonds is 5. The number of thioether (sulfide) groups is 1. The van der Waals surface area contributed by atoms with Gasteiger partial charge in [-0.15, -0.1) is 0 Å². The van der Waals surface area contributed by atoms with Crippen LogP contribution in [0.2, 0.25) is 0 Å². The van der Waals surface area contributed by atoms with Crippen molar-refractivity contribution in [1.29, 1.82) is 0 Å². The molecule has 5 nitrogen and oxygen atoms in total. The molecule has 1 rings (SSSR count). The van der Waals surface area contributed by atoms with Gasteiger partial charge >= 0.3 is 0 Å². The molecule has 0 aliphatic carbocycles. The van der Waals surface area contributed by atoms with Gasteiger partial charge in [0.2, 0.25) is 0 Å². The van der Waals surface area contributed by atoms with E-state index in [0.717, 1.165) is 18.6 Å². The predicted octanol–water partition coefficient (Wildman–Crippen LogP) is -0.751. The summed E-state index contributed by atoms with van der Waals surface area (Å²) in [5.41, 5.74) is 2.08. The van der Waals surface area contributed by atoms with Gasteiger partial charge in [-0.3, -0.25) is 10.2 Å². The zero-order chi connectivity index (χ0) is 10.4. The van der Waals surface area contributed by atoms with Crippen LogP contribution in [0.4, 0.5) is 0 Å². The van der Waals surface area contributed by atoms with Gasteiger partial charge in [-0.25, -0.2) is 5.84 Å². The highest BCUT2D eigenvalue weighted by molar-refractivity contribution is 7.99. The molecular weight excluding hydrogens is 204 g/mol. The van der Waals surface area contributed by atoms with E-state index in [0.29, 0.717) is 5.75 Å². The second-order valence-corrected chi connectivity index (χ2v) is 4.28. The summed E-state index contributed by atoms with van der Waals surface area (Å²) in [5.74, 6) is 6.30. The second kappa shape index (κ2) is 6.23. The Kier molecular flexibility index (Phi) is 5.24. The van der Waals surface area contributed by atoms with E-state index < -0.39 is 0 Å². The van der Waals surface area contributed by atoms with Crippen molar-refractivity contribution in [3.8, 4) is 0 Å². The molecule has 2 atom stereocenters. The molecule has 1 heterocycles. The van der Waals surface area contributed by atoms with E-state index in [1.54, 1.807) is 11.8 Å². The van der Waals surface area contributed by atoms with E-state index >= 15 is 0 Å². The number of nitrogens with one attached hydrogen (secondary N) is 1. The molecule has 0 radical (unpaired) electrons. The average molecular weight is 220 g/mol. The second-order valence-electron chi connectivity index (χ2n) is 3.13. The van der Waals surface area contributed by atoms with Crippen LogP contribution in [0.3, 0.4) is 0 Å². The van der Waals surface area contributed by atoms with E-state index in [4.69, 9.17) is 15.7 Å². The standard InChI is InChI=1S/C8H16N2O3S/c9-10-8(12)7-2-1-6(13-7)5-14-4-3-11/h6-7,11H,1-5,9H2,(H,10,12). The number of aliphatic hydroxyl groups excluding tert-OH is 1. The molecule has 4 N–H and O–H groups in total. The first-order valence-corrected chi connectivity index (χ1v) is 5.78. The first-order chi connectivity index (χ1) is 6.77. The molecule has 1 saturated heterocycles. The number of carbonyl (C=O) groups excluding carboxylic acids is 1. The van der Waals surface area contributed by atoms with Crippen LogP contribution < -0.4 is 11.3 Å². The Morgan fingerprint density at radius 1 is 1.64 bits per heavy atom. The van der Waals surface area contributed by atoms with Crippen molar-refractivity contribution in [2.75, 3.05) is 18.1 Å². The Balaban J connectivity index is 2.17. The zero-order valence-corrected chi connectivity index (χ0v) is 8.76. The van der Waals surface area contributed by atoms with Gasteiger partial charge in [-0.05, 0) is 12.8 Å². The summed E-state index contributed by atoms with van der Waals surface area (Å²) in [7, 11) is 0. The maximum atomic E-state index is 11.1. The smallest absolute Gasteiger partial charge is 0.263 e. The van der Waals surface area contributed by atoms with Gasteiger partial charge in [0.05, 0.1) is 12.7 Å². The summed E-state index contributed by atoms with van der Waals surface area (Å²) in [6.07, 6.45) is 1.35. The summed E-state index contributed by atoms with van der Waals surface area (Å²) < 4.78 is 5.47. The predicted molar refractivity (Wildman–Crippen MR) is 54.6 cm³/mol. The van der Waals surface area contributed by atoms with Crippen LogP contribution in [0.5, 0.6) is 0 Å². The molecule has 0 bridgehead atoms. The zero-order valence-electron chi connectivity index (χ0n) is 7.94. The number of amides is 1. The molecule has 1 aliphatic heterocycles. The van der Waals surface area contributed by atoms with Crippen LogP contribution in [0, 0.1) is 0 Å². The summed E-state index contributed by atoms with van der Waals surface area (Å²) in [4.78, 5) is 11.1. The van der Waals surface area contributed by atoms with E-state index in [1.165, 1.54) is 0 Å². The van der Waals surface area contributed by atoms with Crippen LogP contribution in [-0.4, -0.2) is 41.3 Å². The maximum Gasteiger partial charge on any atom is 0.263 e. The topological polar surface area (TPSA) is 84.6 Å². The number of carbonyl (C=O) groups is 1. The molecule has 0 aromatic carbocycles. The number of hydrogen-bond donors (Lipinski definition) is 3. The highest BCUT2D eigenvalue weighted by Crippen LogP contribution is 2.22. The lowest BCUT2D eigenvalue weighted by Gasteiger charge is -2.11. The fraction of sp³-hybridized carbons (Fsp3) is 0.875. The Labute approximate surface area is 87.3 Å². The molecule has 1 aliphatic rings. The van der Waals surface area contributed by atoms with Crippen molar-refractivity contribution in [3.05, 3.63) is 0 Å². The van der Waals surface area contributed by atoms with Gasteiger partial charge in [0.1, 0.15) is 6.10 Å². The molecule has 14 heavy (non-hydrogen) atoms. The van der Waals surface area contributed by atoms with Gasteiger partial charge in [0, 0.05) is 11.5 Å². The molecular formula is C8H16N2O3S. The van der Waals surface area contributed by atoms with Gasteiger partial charge in [0.25, 0.3) is 5.91 Å². The van der Waals surface area contributed by atoms with Gasteiger partial charge < -0.3 is 9.84 Å². The number of nitrogens with two attached hydrogens (primary N) is 1. The van der Waals surface area contributed by atoms with Crippen LogP contribution in [0.1, 0.15) is 12.8 Å². The molecule has 1 fully saturated rings. The first kappa shape index (κ1) is 11.8. The molecule has 82 valence electrons. The Morgan fingerprint density at radius 2 is 2.43 bits per heavy atom. The van der Waals surface area contributed by atoms with Crippen LogP contribution in [0.25, 0.3) is 0 Å². The lowest BCUT2D eigenvalue weighted by molar-refractivity contribution is -0.131. The van der Waals surface area contributed by atoms with Crippen molar-refractivity contribution >= 4 is 17.7 Å². The lowest BCUT2D eigenvalue weighted by Crippen LogP contribution is -2.39. The number of ether oxygens (including phenoxy) is 1.